The lowest BCUT2D eigenvalue weighted by Gasteiger charge is -2.61. The van der Waals surface area contributed by atoms with Crippen molar-refractivity contribution in [1.29, 1.82) is 0 Å². The van der Waals surface area contributed by atoms with Crippen molar-refractivity contribution in [2.45, 2.75) is 24.8 Å². The van der Waals surface area contributed by atoms with Gasteiger partial charge in [0.15, 0.2) is 0 Å². The van der Waals surface area contributed by atoms with Crippen LogP contribution in [0.1, 0.15) is 29.6 Å². The first-order chi connectivity index (χ1) is 7.56. The highest BCUT2D eigenvalue weighted by Crippen LogP contribution is 2.56. The maximum Gasteiger partial charge on any atom is 0.251 e. The van der Waals surface area contributed by atoms with E-state index in [-0.39, 0.29) is 11.4 Å². The first-order valence-electron chi connectivity index (χ1n) is 5.45. The Labute approximate surface area is 103 Å². The molecule has 84 valence electrons. The minimum atomic E-state index is -0.00819. The third-order valence-electron chi connectivity index (χ3n) is 3.60. The summed E-state index contributed by atoms with van der Waals surface area (Å²) in [4.78, 5) is 12.0. The number of nitrogens with two attached hydrogens (primary N) is 1. The fraction of sp³-hybridized carbons (Fsp3) is 0.417. The molecular formula is C12H13BrN2O. The second-order valence-corrected chi connectivity index (χ2v) is 5.90. The molecule has 3 nitrogen and oxygen atoms in total. The smallest absolute Gasteiger partial charge is 0.251 e. The Morgan fingerprint density at radius 1 is 1.38 bits per heavy atom. The van der Waals surface area contributed by atoms with Crippen LogP contribution in [0.25, 0.3) is 0 Å². The van der Waals surface area contributed by atoms with E-state index in [0.717, 1.165) is 29.7 Å². The third kappa shape index (κ3) is 1.52. The second kappa shape index (κ2) is 3.23. The number of amides is 1. The zero-order valence-electron chi connectivity index (χ0n) is 8.79. The molecule has 3 aliphatic carbocycles. The van der Waals surface area contributed by atoms with Crippen LogP contribution in [0.4, 0.5) is 5.69 Å². The second-order valence-electron chi connectivity index (χ2n) is 4.99. The summed E-state index contributed by atoms with van der Waals surface area (Å²) >= 11 is 3.34. The van der Waals surface area contributed by atoms with Crippen molar-refractivity contribution >= 4 is 27.5 Å². The Bertz CT molecular complexity index is 435. The van der Waals surface area contributed by atoms with Crippen LogP contribution in [-0.4, -0.2) is 11.4 Å². The van der Waals surface area contributed by atoms with Crippen LogP contribution in [0.15, 0.2) is 22.7 Å². The zero-order valence-corrected chi connectivity index (χ0v) is 10.4. The Kier molecular flexibility index (Phi) is 2.05. The molecule has 4 heteroatoms. The van der Waals surface area contributed by atoms with Crippen LogP contribution in [0.3, 0.4) is 0 Å². The highest BCUT2D eigenvalue weighted by atomic mass is 79.9. The molecule has 3 aliphatic rings. The van der Waals surface area contributed by atoms with Crippen LogP contribution in [0.5, 0.6) is 0 Å². The Morgan fingerprint density at radius 3 is 2.56 bits per heavy atom. The molecule has 0 saturated heterocycles. The number of benzene rings is 1. The summed E-state index contributed by atoms with van der Waals surface area (Å²) in [6.07, 6.45) is 3.46. The number of hydrogen-bond acceptors (Lipinski definition) is 2. The van der Waals surface area contributed by atoms with Crippen LogP contribution in [-0.2, 0) is 0 Å². The normalized spacial score (nSPS) is 30.2. The zero-order chi connectivity index (χ0) is 11.3. The standard InChI is InChI=1S/C12H13BrN2O/c13-9-1-8(2-10(14)3-9)11(16)15-12-4-7(5-12)6-12/h1-3,7H,4-6,14H2,(H,15,16). The van der Waals surface area contributed by atoms with Gasteiger partial charge in [-0.25, -0.2) is 0 Å². The van der Waals surface area contributed by atoms with E-state index >= 15 is 0 Å². The van der Waals surface area contributed by atoms with E-state index in [2.05, 4.69) is 21.2 Å². The van der Waals surface area contributed by atoms with Crippen molar-refractivity contribution in [3.63, 3.8) is 0 Å². The quantitative estimate of drug-likeness (QED) is 0.817. The predicted octanol–water partition coefficient (Wildman–Crippen LogP) is 2.31. The van der Waals surface area contributed by atoms with E-state index in [1.54, 1.807) is 18.2 Å². The molecule has 1 aromatic rings. The van der Waals surface area contributed by atoms with Gasteiger partial charge in [0.1, 0.15) is 0 Å². The largest absolute Gasteiger partial charge is 0.399 e. The number of anilines is 1. The van der Waals surface area contributed by atoms with Gasteiger partial charge in [0.05, 0.1) is 0 Å². The van der Waals surface area contributed by atoms with Crippen LogP contribution < -0.4 is 11.1 Å². The number of nitrogens with one attached hydrogen (secondary N) is 1. The van der Waals surface area contributed by atoms with Gasteiger partial charge in [0.2, 0.25) is 0 Å². The van der Waals surface area contributed by atoms with Gasteiger partial charge in [-0.3, -0.25) is 4.79 Å². The van der Waals surface area contributed by atoms with Gasteiger partial charge in [-0.2, -0.15) is 0 Å². The molecular weight excluding hydrogens is 268 g/mol. The summed E-state index contributed by atoms with van der Waals surface area (Å²) in [5.74, 6) is 0.860. The minimum absolute atomic E-state index is 0.00819. The first kappa shape index (κ1) is 10.1. The molecule has 0 aliphatic heterocycles. The molecule has 0 unspecified atom stereocenters. The molecule has 0 heterocycles. The lowest BCUT2D eigenvalue weighted by molar-refractivity contribution is -0.0438. The van der Waals surface area contributed by atoms with E-state index in [4.69, 9.17) is 5.73 Å². The number of rotatable bonds is 2. The Balaban J connectivity index is 1.77. The summed E-state index contributed by atoms with van der Waals surface area (Å²) in [6, 6.07) is 5.31. The maximum atomic E-state index is 12.0. The van der Waals surface area contributed by atoms with E-state index < -0.39 is 0 Å². The fourth-order valence-corrected chi connectivity index (χ4v) is 3.20. The van der Waals surface area contributed by atoms with Gasteiger partial charge in [-0.05, 0) is 43.4 Å². The van der Waals surface area contributed by atoms with Gasteiger partial charge in [0, 0.05) is 21.3 Å². The fourth-order valence-electron chi connectivity index (χ4n) is 2.69. The summed E-state index contributed by atoms with van der Waals surface area (Å²) < 4.78 is 0.843. The number of hydrogen-bond donors (Lipinski definition) is 2. The Morgan fingerprint density at radius 2 is 2.06 bits per heavy atom. The first-order valence-corrected chi connectivity index (χ1v) is 6.24. The molecule has 4 rings (SSSR count). The lowest BCUT2D eigenvalue weighted by atomic mass is 9.50. The topological polar surface area (TPSA) is 55.1 Å². The lowest BCUT2D eigenvalue weighted by Crippen LogP contribution is -2.68. The van der Waals surface area contributed by atoms with Crippen molar-refractivity contribution in [3.05, 3.63) is 28.2 Å². The summed E-state index contributed by atoms with van der Waals surface area (Å²) in [5.41, 5.74) is 7.08. The van der Waals surface area contributed by atoms with E-state index in [0.29, 0.717) is 11.3 Å². The summed E-state index contributed by atoms with van der Waals surface area (Å²) in [6.45, 7) is 0. The van der Waals surface area contributed by atoms with Gasteiger partial charge in [0.25, 0.3) is 5.91 Å². The van der Waals surface area contributed by atoms with Crippen molar-refractivity contribution in [2.24, 2.45) is 5.92 Å². The number of nitrogen functional groups attached to an aromatic ring is 1. The van der Waals surface area contributed by atoms with E-state index in [9.17, 15) is 4.79 Å². The predicted molar refractivity (Wildman–Crippen MR) is 66.1 cm³/mol. The number of carbonyl (C=O) groups excluding carboxylic acids is 1. The molecule has 0 spiro atoms. The van der Waals surface area contributed by atoms with Gasteiger partial charge < -0.3 is 11.1 Å². The van der Waals surface area contributed by atoms with Crippen molar-refractivity contribution in [3.8, 4) is 0 Å². The van der Waals surface area contributed by atoms with Crippen molar-refractivity contribution in [2.75, 3.05) is 5.73 Å². The van der Waals surface area contributed by atoms with Gasteiger partial charge >= 0.3 is 0 Å². The summed E-state index contributed by atoms with van der Waals surface area (Å²) in [7, 11) is 0. The van der Waals surface area contributed by atoms with Gasteiger partial charge in [-0.1, -0.05) is 15.9 Å². The molecule has 0 radical (unpaired) electrons. The molecule has 3 N–H and O–H groups in total. The molecule has 16 heavy (non-hydrogen) atoms. The molecule has 0 atom stereocenters. The van der Waals surface area contributed by atoms with Crippen molar-refractivity contribution < 1.29 is 4.79 Å². The van der Waals surface area contributed by atoms with Crippen LogP contribution in [0, 0.1) is 5.92 Å². The van der Waals surface area contributed by atoms with E-state index in [1.165, 1.54) is 0 Å². The molecule has 1 amide bonds. The highest BCUT2D eigenvalue weighted by molar-refractivity contribution is 9.10. The van der Waals surface area contributed by atoms with Crippen LogP contribution in [0.2, 0.25) is 0 Å². The SMILES string of the molecule is Nc1cc(Br)cc(C(=O)NC23CC(C2)C3)c1. The molecule has 3 saturated carbocycles. The van der Waals surface area contributed by atoms with E-state index in [1.807, 2.05) is 0 Å². The maximum absolute atomic E-state index is 12.0. The molecule has 0 aromatic heterocycles. The van der Waals surface area contributed by atoms with Crippen molar-refractivity contribution in [1.82, 2.24) is 5.32 Å². The number of carbonyl (C=O) groups is 1. The molecule has 1 aromatic carbocycles. The third-order valence-corrected chi connectivity index (χ3v) is 4.06. The minimum Gasteiger partial charge on any atom is -0.399 e. The number of halogens is 1. The summed E-state index contributed by atoms with van der Waals surface area (Å²) in [5, 5.41) is 3.11. The average Bonchev–Trinajstić information content (AvgIpc) is 2.07. The molecule has 2 bridgehead atoms. The van der Waals surface area contributed by atoms with Crippen LogP contribution >= 0.6 is 15.9 Å². The Hall–Kier alpha value is -1.03. The average molecular weight is 281 g/mol. The van der Waals surface area contributed by atoms with Gasteiger partial charge in [-0.15, -0.1) is 0 Å². The monoisotopic (exact) mass is 280 g/mol. The molecule has 3 fully saturated rings. The highest BCUT2D eigenvalue weighted by Gasteiger charge is 2.57.